The molecule has 0 N–H and O–H groups in total. The van der Waals surface area contributed by atoms with Crippen LogP contribution < -0.4 is 0 Å². The summed E-state index contributed by atoms with van der Waals surface area (Å²) in [6, 6.07) is 0. The van der Waals surface area contributed by atoms with Gasteiger partial charge in [-0.15, -0.1) is 11.3 Å². The van der Waals surface area contributed by atoms with Gasteiger partial charge in [-0.3, -0.25) is 4.79 Å². The Hall–Kier alpha value is -0.420. The van der Waals surface area contributed by atoms with Crippen LogP contribution in [0.15, 0.2) is 9.98 Å². The minimum absolute atomic E-state index is 0.223. The molecule has 0 aromatic carbocycles. The molecule has 0 unspecified atom stereocenters. The van der Waals surface area contributed by atoms with Gasteiger partial charge in [-0.1, -0.05) is 0 Å². The maximum Gasteiger partial charge on any atom is 0.312 e. The number of carbonyl (C=O) groups is 1. The third-order valence-electron chi connectivity index (χ3n) is 1.12. The lowest BCUT2D eigenvalue weighted by atomic mass is 10.4. The molecule has 0 saturated carbocycles. The smallest absolute Gasteiger partial charge is 0.312 e. The molecule has 0 aliphatic carbocycles. The largest absolute Gasteiger partial charge is 0.466 e. The summed E-state index contributed by atoms with van der Waals surface area (Å²) in [5.74, 6) is -0.223. The highest BCUT2D eigenvalue weighted by molar-refractivity contribution is 9.10. The summed E-state index contributed by atoms with van der Waals surface area (Å²) in [4.78, 5) is 15.0. The van der Waals surface area contributed by atoms with Crippen LogP contribution in [-0.4, -0.2) is 17.6 Å². The van der Waals surface area contributed by atoms with Gasteiger partial charge < -0.3 is 4.74 Å². The van der Waals surface area contributed by atoms with Crippen molar-refractivity contribution >= 4 is 33.2 Å². The predicted octanol–water partition coefficient (Wildman–Crippen LogP) is 2.01. The quantitative estimate of drug-likeness (QED) is 0.770. The van der Waals surface area contributed by atoms with Crippen LogP contribution in [-0.2, 0) is 16.0 Å². The lowest BCUT2D eigenvalue weighted by Crippen LogP contribution is -2.06. The molecule has 0 atom stereocenters. The summed E-state index contributed by atoms with van der Waals surface area (Å²) in [6.45, 7) is 2.21. The molecule has 0 aliphatic heterocycles. The Morgan fingerprint density at radius 3 is 3.08 bits per heavy atom. The van der Waals surface area contributed by atoms with Gasteiger partial charge >= 0.3 is 5.97 Å². The molecule has 0 amide bonds. The standard InChI is InChI=1S/C7H8BrNO2S/c1-2-11-7(10)3-6-9-5(8)4-12-6/h4H,2-3H2,1H3. The van der Waals surface area contributed by atoms with Crippen LogP contribution in [0.5, 0.6) is 0 Å². The fourth-order valence-corrected chi connectivity index (χ4v) is 1.96. The van der Waals surface area contributed by atoms with Crippen LogP contribution in [0, 0.1) is 0 Å². The molecule has 1 aromatic heterocycles. The molecule has 1 heterocycles. The Morgan fingerprint density at radius 1 is 1.83 bits per heavy atom. The van der Waals surface area contributed by atoms with Gasteiger partial charge in [-0.2, -0.15) is 0 Å². The van der Waals surface area contributed by atoms with E-state index in [0.717, 1.165) is 9.61 Å². The van der Waals surface area contributed by atoms with E-state index in [1.165, 1.54) is 11.3 Å². The van der Waals surface area contributed by atoms with Crippen LogP contribution in [0.4, 0.5) is 0 Å². The summed E-state index contributed by atoms with van der Waals surface area (Å²) < 4.78 is 5.54. The minimum Gasteiger partial charge on any atom is -0.466 e. The second-order valence-corrected chi connectivity index (χ2v) is 3.80. The number of esters is 1. The van der Waals surface area contributed by atoms with Gasteiger partial charge in [0, 0.05) is 5.38 Å². The molecule has 12 heavy (non-hydrogen) atoms. The number of thiazole rings is 1. The van der Waals surface area contributed by atoms with Crippen molar-refractivity contribution in [1.82, 2.24) is 4.98 Å². The lowest BCUT2D eigenvalue weighted by Gasteiger charge is -1.97. The van der Waals surface area contributed by atoms with Crippen molar-refractivity contribution < 1.29 is 9.53 Å². The van der Waals surface area contributed by atoms with Crippen molar-refractivity contribution in [1.29, 1.82) is 0 Å². The SMILES string of the molecule is CCOC(=O)Cc1nc(Br)cs1. The van der Waals surface area contributed by atoms with Crippen LogP contribution in [0.25, 0.3) is 0 Å². The van der Waals surface area contributed by atoms with E-state index >= 15 is 0 Å². The van der Waals surface area contributed by atoms with E-state index in [1.54, 1.807) is 6.92 Å². The molecule has 3 nitrogen and oxygen atoms in total. The Kier molecular flexibility index (Phi) is 3.68. The number of hydrogen-bond acceptors (Lipinski definition) is 4. The highest BCUT2D eigenvalue weighted by atomic mass is 79.9. The van der Waals surface area contributed by atoms with E-state index in [-0.39, 0.29) is 12.4 Å². The lowest BCUT2D eigenvalue weighted by molar-refractivity contribution is -0.142. The average molecular weight is 250 g/mol. The number of rotatable bonds is 3. The van der Waals surface area contributed by atoms with E-state index in [2.05, 4.69) is 20.9 Å². The molecule has 66 valence electrons. The number of hydrogen-bond donors (Lipinski definition) is 0. The molecule has 1 aromatic rings. The van der Waals surface area contributed by atoms with Gasteiger partial charge in [0.1, 0.15) is 9.61 Å². The Labute approximate surface area is 82.9 Å². The van der Waals surface area contributed by atoms with E-state index in [9.17, 15) is 4.79 Å². The highest BCUT2D eigenvalue weighted by Gasteiger charge is 2.06. The van der Waals surface area contributed by atoms with Crippen LogP contribution >= 0.6 is 27.3 Å². The Bertz CT molecular complexity index is 274. The molecule has 0 bridgehead atoms. The van der Waals surface area contributed by atoms with E-state index < -0.39 is 0 Å². The van der Waals surface area contributed by atoms with E-state index in [0.29, 0.717) is 6.61 Å². The topological polar surface area (TPSA) is 39.2 Å². The Balaban J connectivity index is 2.46. The normalized spacial score (nSPS) is 9.83. The summed E-state index contributed by atoms with van der Waals surface area (Å²) in [5, 5.41) is 2.62. The zero-order valence-electron chi connectivity index (χ0n) is 6.54. The average Bonchev–Trinajstić information content (AvgIpc) is 2.36. The third-order valence-corrected chi connectivity index (χ3v) is 2.68. The van der Waals surface area contributed by atoms with Crippen LogP contribution in [0.1, 0.15) is 11.9 Å². The fourth-order valence-electron chi connectivity index (χ4n) is 0.705. The molecule has 0 fully saturated rings. The number of carbonyl (C=O) groups excluding carboxylic acids is 1. The van der Waals surface area contributed by atoms with Gasteiger partial charge in [0.25, 0.3) is 0 Å². The van der Waals surface area contributed by atoms with Crippen molar-refractivity contribution in [3.63, 3.8) is 0 Å². The number of aromatic nitrogens is 1. The van der Waals surface area contributed by atoms with Crippen molar-refractivity contribution in [3.05, 3.63) is 15.0 Å². The summed E-state index contributed by atoms with van der Waals surface area (Å²) >= 11 is 4.65. The monoisotopic (exact) mass is 249 g/mol. The van der Waals surface area contributed by atoms with Gasteiger partial charge in [0.05, 0.1) is 13.0 Å². The van der Waals surface area contributed by atoms with E-state index in [1.807, 2.05) is 5.38 Å². The molecule has 0 spiro atoms. The maximum absolute atomic E-state index is 11.0. The van der Waals surface area contributed by atoms with Gasteiger partial charge in [0.2, 0.25) is 0 Å². The molecular formula is C7H8BrNO2S. The molecule has 0 aliphatic rings. The number of ether oxygens (including phenoxy) is 1. The van der Waals surface area contributed by atoms with Crippen molar-refractivity contribution in [2.45, 2.75) is 13.3 Å². The van der Waals surface area contributed by atoms with Gasteiger partial charge in [0.15, 0.2) is 0 Å². The fraction of sp³-hybridized carbons (Fsp3) is 0.429. The number of halogens is 1. The Morgan fingerprint density at radius 2 is 2.58 bits per heavy atom. The summed E-state index contributed by atoms with van der Waals surface area (Å²) in [5.41, 5.74) is 0. The molecule has 0 radical (unpaired) electrons. The molecule has 0 saturated heterocycles. The first-order chi connectivity index (χ1) is 5.72. The zero-order chi connectivity index (χ0) is 8.97. The number of nitrogens with zero attached hydrogens (tertiary/aromatic N) is 1. The highest BCUT2D eigenvalue weighted by Crippen LogP contribution is 2.15. The third kappa shape index (κ3) is 2.91. The first-order valence-electron chi connectivity index (χ1n) is 3.48. The first kappa shape index (κ1) is 9.67. The summed E-state index contributed by atoms with van der Waals surface area (Å²) in [7, 11) is 0. The van der Waals surface area contributed by atoms with Gasteiger partial charge in [-0.25, -0.2) is 4.98 Å². The zero-order valence-corrected chi connectivity index (χ0v) is 8.94. The second-order valence-electron chi connectivity index (χ2n) is 2.05. The second kappa shape index (κ2) is 4.57. The molecular weight excluding hydrogens is 242 g/mol. The van der Waals surface area contributed by atoms with Crippen molar-refractivity contribution in [2.75, 3.05) is 6.61 Å². The first-order valence-corrected chi connectivity index (χ1v) is 5.15. The molecule has 1 rings (SSSR count). The van der Waals surface area contributed by atoms with Crippen molar-refractivity contribution in [2.24, 2.45) is 0 Å². The molecule has 5 heteroatoms. The van der Waals surface area contributed by atoms with Crippen LogP contribution in [0.2, 0.25) is 0 Å². The predicted molar refractivity (Wildman–Crippen MR) is 50.2 cm³/mol. The minimum atomic E-state index is -0.223. The van der Waals surface area contributed by atoms with Gasteiger partial charge in [-0.05, 0) is 22.9 Å². The van der Waals surface area contributed by atoms with Crippen molar-refractivity contribution in [3.8, 4) is 0 Å². The maximum atomic E-state index is 11.0. The van der Waals surface area contributed by atoms with E-state index in [4.69, 9.17) is 4.74 Å². The summed E-state index contributed by atoms with van der Waals surface area (Å²) in [6.07, 6.45) is 0.268. The van der Waals surface area contributed by atoms with Crippen LogP contribution in [0.3, 0.4) is 0 Å².